The molecule has 4 nitrogen and oxygen atoms in total. The Morgan fingerprint density at radius 2 is 1.33 bits per heavy atom. The monoisotopic (exact) mass is 256 g/mol. The van der Waals surface area contributed by atoms with Gasteiger partial charge in [-0.25, -0.2) is 0 Å². The topological polar surface area (TPSA) is 76.1 Å². The van der Waals surface area contributed by atoms with E-state index in [1.54, 1.807) is 6.20 Å². The molecule has 0 radical (unpaired) electrons. The predicted octanol–water partition coefficient (Wildman–Crippen LogP) is 1.33. The lowest BCUT2D eigenvalue weighted by Crippen LogP contribution is -2.28. The summed E-state index contributed by atoms with van der Waals surface area (Å²) in [5.74, 6) is 0. The zero-order chi connectivity index (χ0) is 13.3. The molecule has 0 bridgehead atoms. The third-order valence-corrected chi connectivity index (χ3v) is 2.90. The highest BCUT2D eigenvalue weighted by atomic mass is 14.9. The van der Waals surface area contributed by atoms with Crippen molar-refractivity contribution >= 4 is 0 Å². The highest BCUT2D eigenvalue weighted by Crippen LogP contribution is 1.96. The summed E-state index contributed by atoms with van der Waals surface area (Å²) in [5.41, 5.74) is 10.7. The molecule has 0 aromatic rings. The highest BCUT2D eigenvalue weighted by molar-refractivity contribution is 4.74. The number of rotatable bonds is 14. The second-order valence-corrected chi connectivity index (χ2v) is 4.63. The van der Waals surface area contributed by atoms with Crippen LogP contribution in [0.5, 0.6) is 0 Å². The third kappa shape index (κ3) is 15.4. The van der Waals surface area contributed by atoms with Gasteiger partial charge in [-0.3, -0.25) is 0 Å². The minimum absolute atomic E-state index is 0.832. The number of allylic oxidation sites excluding steroid dienone is 1. The average Bonchev–Trinajstić information content (AvgIpc) is 2.39. The molecule has 0 unspecified atom stereocenters. The molecule has 0 aliphatic carbocycles. The van der Waals surface area contributed by atoms with Crippen molar-refractivity contribution in [2.75, 3.05) is 32.7 Å². The summed E-state index contributed by atoms with van der Waals surface area (Å²) in [6.45, 7) is 5.21. The van der Waals surface area contributed by atoms with E-state index < -0.39 is 0 Å². The summed E-state index contributed by atoms with van der Waals surface area (Å²) in [4.78, 5) is 0. The molecule has 0 aliphatic rings. The van der Waals surface area contributed by atoms with Crippen LogP contribution in [0.15, 0.2) is 12.3 Å². The van der Waals surface area contributed by atoms with Crippen LogP contribution in [0.2, 0.25) is 0 Å². The van der Waals surface area contributed by atoms with Crippen molar-refractivity contribution in [1.29, 1.82) is 0 Å². The first-order valence-corrected chi connectivity index (χ1v) is 7.40. The number of hydrogen-bond acceptors (Lipinski definition) is 4. The quantitative estimate of drug-likeness (QED) is 0.354. The highest BCUT2D eigenvalue weighted by Gasteiger charge is 1.90. The zero-order valence-electron chi connectivity index (χ0n) is 11.8. The molecule has 18 heavy (non-hydrogen) atoms. The molecule has 0 aromatic carbocycles. The van der Waals surface area contributed by atoms with Crippen molar-refractivity contribution in [1.82, 2.24) is 10.6 Å². The fourth-order valence-corrected chi connectivity index (χ4v) is 1.78. The van der Waals surface area contributed by atoms with Gasteiger partial charge in [0, 0.05) is 13.1 Å². The fourth-order valence-electron chi connectivity index (χ4n) is 1.78. The minimum atomic E-state index is 0.832. The van der Waals surface area contributed by atoms with Gasteiger partial charge in [0.15, 0.2) is 0 Å². The van der Waals surface area contributed by atoms with Crippen LogP contribution in [0, 0.1) is 0 Å². The minimum Gasteiger partial charge on any atom is -0.405 e. The lowest BCUT2D eigenvalue weighted by molar-refractivity contribution is 0.559. The first-order valence-electron chi connectivity index (χ1n) is 7.40. The van der Waals surface area contributed by atoms with Crippen LogP contribution in [0.1, 0.15) is 44.9 Å². The van der Waals surface area contributed by atoms with Gasteiger partial charge < -0.3 is 22.1 Å². The van der Waals surface area contributed by atoms with Gasteiger partial charge in [0.05, 0.1) is 0 Å². The van der Waals surface area contributed by atoms with Crippen molar-refractivity contribution in [3.05, 3.63) is 12.3 Å². The molecule has 0 spiro atoms. The second-order valence-electron chi connectivity index (χ2n) is 4.63. The van der Waals surface area contributed by atoms with E-state index in [9.17, 15) is 0 Å². The van der Waals surface area contributed by atoms with Crippen molar-refractivity contribution in [3.8, 4) is 0 Å². The van der Waals surface area contributed by atoms with Gasteiger partial charge in [-0.05, 0) is 57.9 Å². The van der Waals surface area contributed by atoms with E-state index in [4.69, 9.17) is 11.5 Å². The van der Waals surface area contributed by atoms with E-state index in [-0.39, 0.29) is 0 Å². The number of nitrogens with one attached hydrogen (secondary N) is 2. The van der Waals surface area contributed by atoms with Crippen LogP contribution in [0.4, 0.5) is 0 Å². The van der Waals surface area contributed by atoms with Crippen molar-refractivity contribution in [2.45, 2.75) is 44.9 Å². The molecule has 0 atom stereocenters. The summed E-state index contributed by atoms with van der Waals surface area (Å²) in [7, 11) is 0. The van der Waals surface area contributed by atoms with E-state index in [0.29, 0.717) is 0 Å². The third-order valence-electron chi connectivity index (χ3n) is 2.90. The lowest BCUT2D eigenvalue weighted by atomic mass is 10.2. The summed E-state index contributed by atoms with van der Waals surface area (Å²) < 4.78 is 0. The lowest BCUT2D eigenvalue weighted by Gasteiger charge is -2.06. The molecular weight excluding hydrogens is 224 g/mol. The molecule has 0 aliphatic heterocycles. The van der Waals surface area contributed by atoms with Crippen LogP contribution in [-0.4, -0.2) is 32.7 Å². The van der Waals surface area contributed by atoms with Crippen LogP contribution in [0.25, 0.3) is 0 Å². The summed E-state index contributed by atoms with van der Waals surface area (Å²) >= 11 is 0. The number of nitrogens with two attached hydrogens (primary N) is 2. The molecule has 0 saturated carbocycles. The van der Waals surface area contributed by atoms with Crippen LogP contribution >= 0.6 is 0 Å². The van der Waals surface area contributed by atoms with Gasteiger partial charge in [0.25, 0.3) is 0 Å². The Bertz CT molecular complexity index is 171. The SMILES string of the molecule is NC=CCCCCNCCNCCCCCCN. The smallest absolute Gasteiger partial charge is 0.00767 e. The molecule has 0 saturated heterocycles. The molecule has 0 aromatic heterocycles. The molecular formula is C14H32N4. The maximum absolute atomic E-state index is 5.44. The predicted molar refractivity (Wildman–Crippen MR) is 80.4 cm³/mol. The maximum Gasteiger partial charge on any atom is 0.00767 e. The Labute approximate surface area is 113 Å². The standard InChI is InChI=1S/C14H32N4/c15-9-5-1-3-7-11-17-13-14-18-12-8-4-2-6-10-16/h5,9,17-18H,1-4,6-8,10-16H2. The molecule has 108 valence electrons. The molecule has 4 heteroatoms. The van der Waals surface area contributed by atoms with Gasteiger partial charge in [-0.2, -0.15) is 0 Å². The van der Waals surface area contributed by atoms with Gasteiger partial charge in [-0.1, -0.05) is 18.9 Å². The van der Waals surface area contributed by atoms with Crippen LogP contribution in [0.3, 0.4) is 0 Å². The Morgan fingerprint density at radius 3 is 1.94 bits per heavy atom. The van der Waals surface area contributed by atoms with Crippen LogP contribution in [-0.2, 0) is 0 Å². The van der Waals surface area contributed by atoms with Gasteiger partial charge >= 0.3 is 0 Å². The largest absolute Gasteiger partial charge is 0.405 e. The van der Waals surface area contributed by atoms with Gasteiger partial charge in [-0.15, -0.1) is 0 Å². The van der Waals surface area contributed by atoms with E-state index in [0.717, 1.165) is 39.1 Å². The Morgan fingerprint density at radius 1 is 0.722 bits per heavy atom. The molecule has 0 fully saturated rings. The van der Waals surface area contributed by atoms with Gasteiger partial charge in [0.2, 0.25) is 0 Å². The van der Waals surface area contributed by atoms with E-state index >= 15 is 0 Å². The number of hydrogen-bond donors (Lipinski definition) is 4. The normalized spacial score (nSPS) is 11.4. The van der Waals surface area contributed by atoms with Crippen molar-refractivity contribution < 1.29 is 0 Å². The zero-order valence-corrected chi connectivity index (χ0v) is 11.8. The Hall–Kier alpha value is -0.580. The number of unbranched alkanes of at least 4 members (excludes halogenated alkanes) is 5. The van der Waals surface area contributed by atoms with Crippen molar-refractivity contribution in [2.24, 2.45) is 11.5 Å². The Balaban J connectivity index is 2.90. The molecule has 0 amide bonds. The van der Waals surface area contributed by atoms with Crippen LogP contribution < -0.4 is 22.1 Å². The van der Waals surface area contributed by atoms with Gasteiger partial charge in [0.1, 0.15) is 0 Å². The van der Waals surface area contributed by atoms with E-state index in [1.807, 2.05) is 6.08 Å². The average molecular weight is 256 g/mol. The summed E-state index contributed by atoms with van der Waals surface area (Å²) in [6.07, 6.45) is 12.2. The maximum atomic E-state index is 5.44. The molecule has 6 N–H and O–H groups in total. The molecule has 0 rings (SSSR count). The second kappa shape index (κ2) is 16.4. The summed E-state index contributed by atoms with van der Waals surface area (Å²) in [5, 5.41) is 6.89. The van der Waals surface area contributed by atoms with E-state index in [1.165, 1.54) is 38.5 Å². The fraction of sp³-hybridized carbons (Fsp3) is 0.857. The first kappa shape index (κ1) is 17.4. The molecule has 0 heterocycles. The summed E-state index contributed by atoms with van der Waals surface area (Å²) in [6, 6.07) is 0. The van der Waals surface area contributed by atoms with Crippen molar-refractivity contribution in [3.63, 3.8) is 0 Å². The first-order chi connectivity index (χ1) is 8.91. The Kier molecular flexibility index (Phi) is 15.9. The van der Waals surface area contributed by atoms with E-state index in [2.05, 4.69) is 10.6 Å².